The molecule has 0 saturated carbocycles. The predicted octanol–water partition coefficient (Wildman–Crippen LogP) is 2.45. The maximum atomic E-state index is 12.0. The maximum absolute atomic E-state index is 12.0. The summed E-state index contributed by atoms with van der Waals surface area (Å²) in [6.45, 7) is 4.62. The van der Waals surface area contributed by atoms with Crippen LogP contribution in [0.25, 0.3) is 6.08 Å². The van der Waals surface area contributed by atoms with Crippen molar-refractivity contribution in [1.29, 1.82) is 0 Å². The highest BCUT2D eigenvalue weighted by atomic mass is 16.2. The lowest BCUT2D eigenvalue weighted by Crippen LogP contribution is -2.26. The summed E-state index contributed by atoms with van der Waals surface area (Å²) in [6, 6.07) is 9.40. The van der Waals surface area contributed by atoms with Gasteiger partial charge in [0, 0.05) is 42.5 Å². The molecule has 1 fully saturated rings. The van der Waals surface area contributed by atoms with Gasteiger partial charge in [0.25, 0.3) is 5.56 Å². The smallest absolute Gasteiger partial charge is 0.253 e. The van der Waals surface area contributed by atoms with Crippen LogP contribution < -0.4 is 15.8 Å². The van der Waals surface area contributed by atoms with Crippen molar-refractivity contribution in [2.24, 2.45) is 0 Å². The number of pyridine rings is 1. The number of nitrogens with zero attached hydrogens (tertiary/aromatic N) is 1. The van der Waals surface area contributed by atoms with Gasteiger partial charge in [-0.2, -0.15) is 0 Å². The number of amides is 2. The lowest BCUT2D eigenvalue weighted by molar-refractivity contribution is -0.117. The number of aromatic amines is 1. The molecule has 0 spiro atoms. The van der Waals surface area contributed by atoms with Gasteiger partial charge in [-0.15, -0.1) is 0 Å². The van der Waals surface area contributed by atoms with Gasteiger partial charge in [0.15, 0.2) is 0 Å². The second-order valence-electron chi connectivity index (χ2n) is 6.73. The first-order valence-electron chi connectivity index (χ1n) is 9.00. The molecule has 3 rings (SSSR count). The molecule has 6 nitrogen and oxygen atoms in total. The summed E-state index contributed by atoms with van der Waals surface area (Å²) in [5, 5.41) is 2.73. The average Bonchev–Trinajstić information content (AvgIpc) is 3.05. The minimum atomic E-state index is -0.270. The van der Waals surface area contributed by atoms with E-state index < -0.39 is 0 Å². The molecular formula is C21H23N3O3. The first-order chi connectivity index (χ1) is 12.9. The van der Waals surface area contributed by atoms with Gasteiger partial charge in [0.1, 0.15) is 0 Å². The van der Waals surface area contributed by atoms with Crippen molar-refractivity contribution in [2.75, 3.05) is 11.4 Å². The van der Waals surface area contributed by atoms with Crippen LogP contribution in [-0.2, 0) is 16.1 Å². The Balaban J connectivity index is 1.58. The second kappa shape index (κ2) is 8.03. The normalized spacial score (nSPS) is 14.1. The summed E-state index contributed by atoms with van der Waals surface area (Å²) < 4.78 is 0. The molecule has 0 radical (unpaired) electrons. The molecule has 6 heteroatoms. The first kappa shape index (κ1) is 18.6. The van der Waals surface area contributed by atoms with Gasteiger partial charge < -0.3 is 15.2 Å². The fraction of sp³-hybridized carbons (Fsp3) is 0.286. The molecule has 27 heavy (non-hydrogen) atoms. The average molecular weight is 365 g/mol. The minimum absolute atomic E-state index is 0.152. The molecule has 0 aliphatic carbocycles. The monoisotopic (exact) mass is 365 g/mol. The van der Waals surface area contributed by atoms with Crippen LogP contribution >= 0.6 is 0 Å². The molecule has 2 aromatic rings. The Bertz CT molecular complexity index is 942. The highest BCUT2D eigenvalue weighted by Crippen LogP contribution is 2.21. The van der Waals surface area contributed by atoms with E-state index in [1.165, 1.54) is 6.08 Å². The number of benzene rings is 1. The third kappa shape index (κ3) is 4.53. The number of aromatic nitrogens is 1. The van der Waals surface area contributed by atoms with Crippen molar-refractivity contribution in [1.82, 2.24) is 10.3 Å². The summed E-state index contributed by atoms with van der Waals surface area (Å²) in [5.41, 5.74) is 3.78. The highest BCUT2D eigenvalue weighted by Gasteiger charge is 2.21. The van der Waals surface area contributed by atoms with E-state index in [-0.39, 0.29) is 23.9 Å². The van der Waals surface area contributed by atoms with Crippen LogP contribution in [0.15, 0.2) is 41.2 Å². The summed E-state index contributed by atoms with van der Waals surface area (Å²) in [5.74, 6) is -0.118. The largest absolute Gasteiger partial charge is 0.348 e. The van der Waals surface area contributed by atoms with E-state index in [1.807, 2.05) is 44.2 Å². The van der Waals surface area contributed by atoms with Crippen LogP contribution in [0.4, 0.5) is 5.69 Å². The number of aryl methyl sites for hydroxylation is 2. The predicted molar refractivity (Wildman–Crippen MR) is 105 cm³/mol. The lowest BCUT2D eigenvalue weighted by Gasteiger charge is -2.15. The summed E-state index contributed by atoms with van der Waals surface area (Å²) in [4.78, 5) is 40.3. The molecule has 2 amide bonds. The standard InChI is InChI=1S/C21H23N3O3/c1-14-12-15(2)23-21(27)18(14)13-22-19(25)10-7-16-5-8-17(9-6-16)24-11-3-4-20(24)26/h5-10,12H,3-4,11,13H2,1-2H3,(H,22,25)(H,23,27). The number of hydrogen-bond acceptors (Lipinski definition) is 3. The third-order valence-electron chi connectivity index (χ3n) is 4.64. The molecule has 0 bridgehead atoms. The summed E-state index contributed by atoms with van der Waals surface area (Å²) in [6.07, 6.45) is 4.64. The Labute approximate surface area is 157 Å². The van der Waals surface area contributed by atoms with Crippen LogP contribution in [-0.4, -0.2) is 23.3 Å². The van der Waals surface area contributed by atoms with Crippen LogP contribution in [0, 0.1) is 13.8 Å². The Morgan fingerprint density at radius 1 is 1.22 bits per heavy atom. The van der Waals surface area contributed by atoms with Crippen molar-refractivity contribution in [3.63, 3.8) is 0 Å². The Morgan fingerprint density at radius 2 is 1.96 bits per heavy atom. The number of carbonyl (C=O) groups excluding carboxylic acids is 2. The van der Waals surface area contributed by atoms with E-state index in [2.05, 4.69) is 10.3 Å². The molecule has 1 aromatic heterocycles. The van der Waals surface area contributed by atoms with Gasteiger partial charge in [-0.1, -0.05) is 12.1 Å². The number of H-pyrrole nitrogens is 1. The Morgan fingerprint density at radius 3 is 2.59 bits per heavy atom. The quantitative estimate of drug-likeness (QED) is 0.799. The molecule has 1 aliphatic heterocycles. The van der Waals surface area contributed by atoms with Crippen LogP contribution in [0.1, 0.15) is 35.2 Å². The maximum Gasteiger partial charge on any atom is 0.253 e. The zero-order valence-corrected chi connectivity index (χ0v) is 15.5. The van der Waals surface area contributed by atoms with E-state index in [0.717, 1.165) is 35.5 Å². The first-order valence-corrected chi connectivity index (χ1v) is 9.00. The van der Waals surface area contributed by atoms with Gasteiger partial charge in [0.2, 0.25) is 11.8 Å². The van der Waals surface area contributed by atoms with Crippen molar-refractivity contribution in [2.45, 2.75) is 33.2 Å². The van der Waals surface area contributed by atoms with Gasteiger partial charge in [0.05, 0.1) is 0 Å². The number of carbonyl (C=O) groups is 2. The Hall–Kier alpha value is -3.15. The van der Waals surface area contributed by atoms with E-state index in [0.29, 0.717) is 12.0 Å². The zero-order valence-electron chi connectivity index (χ0n) is 15.5. The lowest BCUT2D eigenvalue weighted by atomic mass is 10.1. The molecule has 0 unspecified atom stereocenters. The van der Waals surface area contributed by atoms with E-state index in [9.17, 15) is 14.4 Å². The van der Waals surface area contributed by atoms with Crippen LogP contribution in [0.3, 0.4) is 0 Å². The summed E-state index contributed by atoms with van der Waals surface area (Å²) >= 11 is 0. The van der Waals surface area contributed by atoms with Crippen molar-refractivity contribution in [3.8, 4) is 0 Å². The molecule has 2 N–H and O–H groups in total. The van der Waals surface area contributed by atoms with Crippen molar-refractivity contribution < 1.29 is 9.59 Å². The molecule has 1 saturated heterocycles. The van der Waals surface area contributed by atoms with Crippen LogP contribution in [0.5, 0.6) is 0 Å². The topological polar surface area (TPSA) is 82.3 Å². The van der Waals surface area contributed by atoms with Crippen LogP contribution in [0.2, 0.25) is 0 Å². The number of rotatable bonds is 5. The fourth-order valence-corrected chi connectivity index (χ4v) is 3.19. The van der Waals surface area contributed by atoms with E-state index >= 15 is 0 Å². The molecule has 2 heterocycles. The number of anilines is 1. The van der Waals surface area contributed by atoms with E-state index in [4.69, 9.17) is 0 Å². The van der Waals surface area contributed by atoms with E-state index in [1.54, 1.807) is 11.0 Å². The van der Waals surface area contributed by atoms with Crippen molar-refractivity contribution in [3.05, 3.63) is 69.1 Å². The van der Waals surface area contributed by atoms with Crippen molar-refractivity contribution >= 4 is 23.6 Å². The highest BCUT2D eigenvalue weighted by molar-refractivity contribution is 5.95. The zero-order chi connectivity index (χ0) is 19.4. The van der Waals surface area contributed by atoms with Gasteiger partial charge in [-0.05, 0) is 55.7 Å². The SMILES string of the molecule is Cc1cc(C)c(CNC(=O)C=Cc2ccc(N3CCCC3=O)cc2)c(=O)[nH]1. The molecule has 1 aromatic carbocycles. The number of hydrogen-bond donors (Lipinski definition) is 2. The van der Waals surface area contributed by atoms with Gasteiger partial charge >= 0.3 is 0 Å². The number of nitrogens with one attached hydrogen (secondary N) is 2. The molecule has 140 valence electrons. The minimum Gasteiger partial charge on any atom is -0.348 e. The third-order valence-corrected chi connectivity index (χ3v) is 4.64. The molecular weight excluding hydrogens is 342 g/mol. The molecule has 1 aliphatic rings. The summed E-state index contributed by atoms with van der Waals surface area (Å²) in [7, 11) is 0. The van der Waals surface area contributed by atoms with Gasteiger partial charge in [-0.3, -0.25) is 14.4 Å². The molecule has 0 atom stereocenters. The second-order valence-corrected chi connectivity index (χ2v) is 6.73. The Kier molecular flexibility index (Phi) is 5.54. The fourth-order valence-electron chi connectivity index (χ4n) is 3.19. The van der Waals surface area contributed by atoms with Gasteiger partial charge in [-0.25, -0.2) is 0 Å².